The Labute approximate surface area is 148 Å². The van der Waals surface area contributed by atoms with Crippen LogP contribution in [0.3, 0.4) is 0 Å². The molecule has 0 aliphatic rings. The van der Waals surface area contributed by atoms with Crippen molar-refractivity contribution < 1.29 is 4.79 Å². The van der Waals surface area contributed by atoms with Gasteiger partial charge in [-0.05, 0) is 24.5 Å². The molecule has 1 amide bonds. The molecule has 5 heteroatoms. The molecule has 0 aliphatic carbocycles. The van der Waals surface area contributed by atoms with Gasteiger partial charge in [-0.3, -0.25) is 4.79 Å². The topological polar surface area (TPSA) is 62.7 Å². The molecule has 0 spiro atoms. The lowest BCUT2D eigenvalue weighted by atomic mass is 10.1. The van der Waals surface area contributed by atoms with Gasteiger partial charge in [0.05, 0.1) is 0 Å². The minimum Gasteiger partial charge on any atom is -0.351 e. The number of nitrogens with one attached hydrogen (secondary N) is 2. The minimum atomic E-state index is -0.0252. The molecule has 0 saturated carbocycles. The summed E-state index contributed by atoms with van der Waals surface area (Å²) in [5, 5.41) is 4.18. The Morgan fingerprint density at radius 2 is 2.12 bits per heavy atom. The predicted molar refractivity (Wildman–Crippen MR) is 101 cm³/mol. The Balaban J connectivity index is 1.61. The van der Waals surface area contributed by atoms with Crippen molar-refractivity contribution in [2.45, 2.75) is 46.1 Å². The number of aromatic amines is 1. The molecule has 3 aromatic rings. The Bertz CT molecular complexity index is 860. The highest BCUT2D eigenvalue weighted by Crippen LogP contribution is 2.22. The summed E-state index contributed by atoms with van der Waals surface area (Å²) in [6, 6.07) is 8.07. The highest BCUT2D eigenvalue weighted by molar-refractivity contribution is 6.01. The van der Waals surface area contributed by atoms with Crippen molar-refractivity contribution in [3.63, 3.8) is 0 Å². The predicted octanol–water partition coefficient (Wildman–Crippen LogP) is 3.87. The van der Waals surface area contributed by atoms with E-state index in [1.165, 1.54) is 0 Å². The first-order chi connectivity index (χ1) is 12.1. The number of imidazole rings is 1. The van der Waals surface area contributed by atoms with Crippen LogP contribution in [0.2, 0.25) is 0 Å². The number of carbonyl (C=O) groups excluding carboxylic acids is 1. The van der Waals surface area contributed by atoms with Crippen LogP contribution in [0.15, 0.2) is 36.7 Å². The van der Waals surface area contributed by atoms with E-state index in [1.54, 1.807) is 0 Å². The number of fused-ring (bicyclic) bond motifs is 1. The highest BCUT2D eigenvalue weighted by Gasteiger charge is 2.15. The Morgan fingerprint density at radius 3 is 2.88 bits per heavy atom. The average molecular weight is 338 g/mol. The largest absolute Gasteiger partial charge is 0.351 e. The summed E-state index contributed by atoms with van der Waals surface area (Å²) in [5.74, 6) is 1.47. The third-order valence-corrected chi connectivity index (χ3v) is 4.52. The third-order valence-electron chi connectivity index (χ3n) is 4.52. The molecule has 0 unspecified atom stereocenters. The molecular weight excluding hydrogens is 312 g/mol. The van der Waals surface area contributed by atoms with E-state index in [0.717, 1.165) is 41.7 Å². The van der Waals surface area contributed by atoms with E-state index in [2.05, 4.69) is 46.7 Å². The van der Waals surface area contributed by atoms with Gasteiger partial charge in [0.25, 0.3) is 5.91 Å². The molecule has 1 aromatic carbocycles. The lowest BCUT2D eigenvalue weighted by Crippen LogP contribution is -2.26. The van der Waals surface area contributed by atoms with E-state index in [-0.39, 0.29) is 5.91 Å². The molecule has 0 atom stereocenters. The van der Waals surface area contributed by atoms with Gasteiger partial charge in [0.15, 0.2) is 0 Å². The van der Waals surface area contributed by atoms with Crippen molar-refractivity contribution in [3.8, 4) is 0 Å². The summed E-state index contributed by atoms with van der Waals surface area (Å²) in [6.07, 6.45) is 5.55. The van der Waals surface area contributed by atoms with Crippen molar-refractivity contribution in [3.05, 3.63) is 53.7 Å². The number of benzene rings is 1. The first-order valence-corrected chi connectivity index (χ1v) is 9.00. The van der Waals surface area contributed by atoms with E-state index >= 15 is 0 Å². The fourth-order valence-electron chi connectivity index (χ4n) is 3.31. The van der Waals surface area contributed by atoms with E-state index in [0.29, 0.717) is 18.2 Å². The van der Waals surface area contributed by atoms with Gasteiger partial charge in [-0.1, -0.05) is 39.0 Å². The maximum Gasteiger partial charge on any atom is 0.268 e. The van der Waals surface area contributed by atoms with Gasteiger partial charge in [0.2, 0.25) is 0 Å². The average Bonchev–Trinajstić information content (AvgIpc) is 3.22. The number of amides is 1. The first kappa shape index (κ1) is 17.3. The molecule has 2 heterocycles. The van der Waals surface area contributed by atoms with E-state index < -0.39 is 0 Å². The first-order valence-electron chi connectivity index (χ1n) is 9.00. The van der Waals surface area contributed by atoms with Crippen LogP contribution < -0.4 is 5.32 Å². The fraction of sp³-hybridized carbons (Fsp3) is 0.400. The lowest BCUT2D eigenvalue weighted by Gasteiger charge is -2.10. The maximum atomic E-state index is 12.6. The second-order valence-electron chi connectivity index (χ2n) is 6.62. The van der Waals surface area contributed by atoms with Crippen LogP contribution in [-0.4, -0.2) is 27.0 Å². The van der Waals surface area contributed by atoms with Crippen molar-refractivity contribution in [1.82, 2.24) is 19.9 Å². The smallest absolute Gasteiger partial charge is 0.268 e. The number of nitrogens with zero attached hydrogens (tertiary/aromatic N) is 2. The number of para-hydroxylation sites is 1. The van der Waals surface area contributed by atoms with Crippen molar-refractivity contribution >= 4 is 16.8 Å². The fourth-order valence-corrected chi connectivity index (χ4v) is 3.31. The Morgan fingerprint density at radius 1 is 1.32 bits per heavy atom. The summed E-state index contributed by atoms with van der Waals surface area (Å²) in [6.45, 7) is 7.87. The molecule has 0 fully saturated rings. The molecule has 132 valence electrons. The van der Waals surface area contributed by atoms with Gasteiger partial charge in [-0.2, -0.15) is 0 Å². The number of rotatable bonds is 7. The molecule has 0 bridgehead atoms. The van der Waals surface area contributed by atoms with Crippen LogP contribution in [0.4, 0.5) is 0 Å². The Hall–Kier alpha value is -2.56. The van der Waals surface area contributed by atoms with Crippen LogP contribution >= 0.6 is 0 Å². The van der Waals surface area contributed by atoms with Crippen LogP contribution in [0.5, 0.6) is 0 Å². The van der Waals surface area contributed by atoms with Gasteiger partial charge in [0.1, 0.15) is 11.5 Å². The van der Waals surface area contributed by atoms with E-state index in [4.69, 9.17) is 0 Å². The van der Waals surface area contributed by atoms with Crippen LogP contribution in [0.1, 0.15) is 55.0 Å². The Kier molecular flexibility index (Phi) is 5.22. The summed E-state index contributed by atoms with van der Waals surface area (Å²) < 4.78 is 2.16. The van der Waals surface area contributed by atoms with Crippen LogP contribution in [0, 0.1) is 0 Å². The molecule has 0 saturated heterocycles. The molecule has 0 radical (unpaired) electrons. The highest BCUT2D eigenvalue weighted by atomic mass is 16.1. The number of carbonyl (C=O) groups is 1. The summed E-state index contributed by atoms with van der Waals surface area (Å²) in [4.78, 5) is 20.2. The SMILES string of the molecule is CCc1c(C(=O)NCCCn2ccnc2C(C)C)[nH]c2ccccc12. The van der Waals surface area contributed by atoms with E-state index in [9.17, 15) is 4.79 Å². The maximum absolute atomic E-state index is 12.6. The van der Waals surface area contributed by atoms with E-state index in [1.807, 2.05) is 30.6 Å². The minimum absolute atomic E-state index is 0.0252. The zero-order chi connectivity index (χ0) is 17.8. The van der Waals surface area contributed by atoms with Gasteiger partial charge < -0.3 is 14.9 Å². The third kappa shape index (κ3) is 3.60. The number of aryl methyl sites for hydroxylation is 2. The monoisotopic (exact) mass is 338 g/mol. The molecule has 25 heavy (non-hydrogen) atoms. The number of hydrogen-bond acceptors (Lipinski definition) is 2. The second-order valence-corrected chi connectivity index (χ2v) is 6.62. The van der Waals surface area contributed by atoms with Gasteiger partial charge in [-0.25, -0.2) is 4.98 Å². The van der Waals surface area contributed by atoms with Gasteiger partial charge >= 0.3 is 0 Å². The standard InChI is InChI=1S/C20H26N4O/c1-4-15-16-8-5-6-9-17(16)23-18(15)20(25)22-10-7-12-24-13-11-21-19(24)14(2)3/h5-6,8-9,11,13-14,23H,4,7,10,12H2,1-3H3,(H,22,25). The van der Waals surface area contributed by atoms with Gasteiger partial charge in [0, 0.05) is 42.3 Å². The van der Waals surface area contributed by atoms with Crippen molar-refractivity contribution in [2.75, 3.05) is 6.54 Å². The number of hydrogen-bond donors (Lipinski definition) is 2. The summed E-state index contributed by atoms with van der Waals surface area (Å²) in [7, 11) is 0. The molecule has 2 aromatic heterocycles. The molecule has 2 N–H and O–H groups in total. The zero-order valence-corrected chi connectivity index (χ0v) is 15.2. The molecule has 0 aliphatic heterocycles. The normalized spacial score (nSPS) is 11.4. The zero-order valence-electron chi connectivity index (χ0n) is 15.2. The molecular formula is C20H26N4O. The summed E-state index contributed by atoms with van der Waals surface area (Å²) in [5.41, 5.74) is 2.79. The second kappa shape index (κ2) is 7.55. The summed E-state index contributed by atoms with van der Waals surface area (Å²) >= 11 is 0. The molecule has 3 rings (SSSR count). The van der Waals surface area contributed by atoms with Crippen molar-refractivity contribution in [1.29, 1.82) is 0 Å². The van der Waals surface area contributed by atoms with Crippen LogP contribution in [-0.2, 0) is 13.0 Å². The number of aromatic nitrogens is 3. The van der Waals surface area contributed by atoms with Gasteiger partial charge in [-0.15, -0.1) is 0 Å². The quantitative estimate of drug-likeness (QED) is 0.642. The number of H-pyrrole nitrogens is 1. The molecule has 5 nitrogen and oxygen atoms in total. The van der Waals surface area contributed by atoms with Crippen LogP contribution in [0.25, 0.3) is 10.9 Å². The lowest BCUT2D eigenvalue weighted by molar-refractivity contribution is 0.0947. The van der Waals surface area contributed by atoms with Crippen molar-refractivity contribution in [2.24, 2.45) is 0 Å².